The smallest absolute Gasteiger partial charge is 0.123 e. The van der Waals surface area contributed by atoms with Gasteiger partial charge in [-0.1, -0.05) is 12.1 Å². The first kappa shape index (κ1) is 14.0. The molecule has 0 unspecified atom stereocenters. The van der Waals surface area contributed by atoms with Gasteiger partial charge in [-0.05, 0) is 44.6 Å². The first-order chi connectivity index (χ1) is 9.65. The van der Waals surface area contributed by atoms with E-state index in [9.17, 15) is 4.39 Å². The summed E-state index contributed by atoms with van der Waals surface area (Å²) in [5.74, 6) is -0.151. The third kappa shape index (κ3) is 2.73. The number of hydrogen-bond acceptors (Lipinski definition) is 3. The van der Waals surface area contributed by atoms with Crippen LogP contribution in [0.5, 0.6) is 0 Å². The average molecular weight is 278 g/mol. The van der Waals surface area contributed by atoms with Crippen LogP contribution in [-0.4, -0.2) is 55.2 Å². The number of benzene rings is 1. The second kappa shape index (κ2) is 5.80. The molecule has 0 aromatic heterocycles. The predicted octanol–water partition coefficient (Wildman–Crippen LogP) is 2.12. The quantitative estimate of drug-likeness (QED) is 0.842. The lowest BCUT2D eigenvalue weighted by Gasteiger charge is -2.33. The van der Waals surface area contributed by atoms with Crippen LogP contribution in [0.2, 0.25) is 0 Å². The minimum Gasteiger partial charge on any atom is -0.375 e. The van der Waals surface area contributed by atoms with E-state index >= 15 is 0 Å². The van der Waals surface area contributed by atoms with Crippen LogP contribution in [0.3, 0.4) is 0 Å². The van der Waals surface area contributed by atoms with Gasteiger partial charge < -0.3 is 9.64 Å². The number of fused-ring (bicyclic) bond motifs is 1. The largest absolute Gasteiger partial charge is 0.375 e. The molecule has 2 fully saturated rings. The number of hydrogen-bond donors (Lipinski definition) is 0. The van der Waals surface area contributed by atoms with Gasteiger partial charge in [0.05, 0.1) is 6.10 Å². The van der Waals surface area contributed by atoms with Crippen molar-refractivity contribution in [2.75, 3.05) is 27.2 Å². The normalized spacial score (nSPS) is 30.7. The zero-order valence-corrected chi connectivity index (χ0v) is 12.3. The van der Waals surface area contributed by atoms with E-state index in [0.29, 0.717) is 18.2 Å². The Labute approximate surface area is 120 Å². The third-order valence-electron chi connectivity index (χ3n) is 4.54. The highest BCUT2D eigenvalue weighted by atomic mass is 19.1. The molecule has 0 amide bonds. The van der Waals surface area contributed by atoms with Gasteiger partial charge in [-0.2, -0.15) is 0 Å². The van der Waals surface area contributed by atoms with Crippen LogP contribution in [0.4, 0.5) is 4.39 Å². The molecule has 110 valence electrons. The van der Waals surface area contributed by atoms with Crippen molar-refractivity contribution in [2.24, 2.45) is 0 Å². The van der Waals surface area contributed by atoms with Crippen molar-refractivity contribution in [3.63, 3.8) is 0 Å². The van der Waals surface area contributed by atoms with Crippen LogP contribution >= 0.6 is 0 Å². The van der Waals surface area contributed by atoms with Gasteiger partial charge in [0.1, 0.15) is 5.82 Å². The number of rotatable bonds is 3. The van der Waals surface area contributed by atoms with Crippen molar-refractivity contribution in [3.05, 3.63) is 35.6 Å². The number of likely N-dealkylation sites (N-methyl/N-ethyl adjacent to an activating group) is 1. The Kier molecular flexibility index (Phi) is 4.06. The summed E-state index contributed by atoms with van der Waals surface area (Å²) in [6.45, 7) is 2.69. The Morgan fingerprint density at radius 2 is 2.25 bits per heavy atom. The number of ether oxygens (including phenoxy) is 1. The van der Waals surface area contributed by atoms with E-state index in [0.717, 1.165) is 31.7 Å². The van der Waals surface area contributed by atoms with Crippen LogP contribution in [0.25, 0.3) is 0 Å². The lowest BCUT2D eigenvalue weighted by molar-refractivity contribution is -0.0343. The van der Waals surface area contributed by atoms with Crippen LogP contribution in [-0.2, 0) is 11.3 Å². The van der Waals surface area contributed by atoms with E-state index < -0.39 is 0 Å². The van der Waals surface area contributed by atoms with E-state index in [2.05, 4.69) is 23.9 Å². The van der Waals surface area contributed by atoms with Crippen molar-refractivity contribution in [1.29, 1.82) is 0 Å². The molecule has 4 heteroatoms. The van der Waals surface area contributed by atoms with Gasteiger partial charge in [0.15, 0.2) is 0 Å². The Bertz CT molecular complexity index is 466. The predicted molar refractivity (Wildman–Crippen MR) is 77.0 cm³/mol. The summed E-state index contributed by atoms with van der Waals surface area (Å²) in [7, 11) is 4.23. The molecule has 2 aliphatic rings. The highest BCUT2D eigenvalue weighted by Gasteiger charge is 2.44. The van der Waals surface area contributed by atoms with Crippen molar-refractivity contribution < 1.29 is 9.13 Å². The topological polar surface area (TPSA) is 15.7 Å². The summed E-state index contributed by atoms with van der Waals surface area (Å²) >= 11 is 0. The fourth-order valence-corrected chi connectivity index (χ4v) is 3.53. The first-order valence-electron chi connectivity index (χ1n) is 7.41. The molecule has 0 saturated carbocycles. The summed E-state index contributed by atoms with van der Waals surface area (Å²) in [6.07, 6.45) is 2.61. The van der Waals surface area contributed by atoms with Gasteiger partial charge in [0.25, 0.3) is 0 Å². The van der Waals surface area contributed by atoms with Gasteiger partial charge in [0, 0.05) is 31.8 Å². The molecule has 3 rings (SSSR count). The average Bonchev–Trinajstić information content (AvgIpc) is 2.78. The van der Waals surface area contributed by atoms with E-state index in [1.54, 1.807) is 12.1 Å². The highest BCUT2D eigenvalue weighted by Crippen LogP contribution is 2.32. The van der Waals surface area contributed by atoms with Crippen LogP contribution < -0.4 is 0 Å². The molecular weight excluding hydrogens is 255 g/mol. The maximum Gasteiger partial charge on any atom is 0.123 e. The Morgan fingerprint density at radius 3 is 3.00 bits per heavy atom. The van der Waals surface area contributed by atoms with E-state index in [4.69, 9.17) is 4.74 Å². The van der Waals surface area contributed by atoms with Gasteiger partial charge in [-0.25, -0.2) is 4.39 Å². The molecule has 0 radical (unpaired) electrons. The zero-order chi connectivity index (χ0) is 14.1. The molecule has 0 spiro atoms. The second-order valence-corrected chi connectivity index (χ2v) is 6.14. The number of halogens is 1. The zero-order valence-electron chi connectivity index (χ0n) is 12.3. The summed E-state index contributed by atoms with van der Waals surface area (Å²) in [6, 6.07) is 7.85. The van der Waals surface area contributed by atoms with Crippen molar-refractivity contribution in [2.45, 2.75) is 37.6 Å². The molecule has 3 nitrogen and oxygen atoms in total. The fraction of sp³-hybridized carbons (Fsp3) is 0.625. The molecule has 2 heterocycles. The second-order valence-electron chi connectivity index (χ2n) is 6.14. The standard InChI is InChI=1S/C16H23FN2O/c1-18(2)15-11-19(14-7-4-8-20-16(14)15)10-12-5-3-6-13(17)9-12/h3,5-6,9,14-16H,4,7-8,10-11H2,1-2H3/t14-,15-,16+/m1/s1. The molecule has 0 N–H and O–H groups in total. The monoisotopic (exact) mass is 278 g/mol. The van der Waals surface area contributed by atoms with Crippen molar-refractivity contribution in [3.8, 4) is 0 Å². The Hall–Kier alpha value is -0.970. The molecule has 2 saturated heterocycles. The summed E-state index contributed by atoms with van der Waals surface area (Å²) in [4.78, 5) is 4.72. The van der Waals surface area contributed by atoms with Crippen LogP contribution in [0, 0.1) is 5.82 Å². The number of likely N-dealkylation sites (tertiary alicyclic amines) is 1. The van der Waals surface area contributed by atoms with Crippen LogP contribution in [0.1, 0.15) is 18.4 Å². The maximum atomic E-state index is 13.3. The fourth-order valence-electron chi connectivity index (χ4n) is 3.53. The molecule has 2 aliphatic heterocycles. The maximum absolute atomic E-state index is 13.3. The highest BCUT2D eigenvalue weighted by molar-refractivity contribution is 5.17. The molecular formula is C16H23FN2O. The van der Waals surface area contributed by atoms with Crippen molar-refractivity contribution >= 4 is 0 Å². The third-order valence-corrected chi connectivity index (χ3v) is 4.54. The minimum atomic E-state index is -0.151. The molecule has 0 aliphatic carbocycles. The molecule has 1 aromatic rings. The molecule has 20 heavy (non-hydrogen) atoms. The molecule has 3 atom stereocenters. The van der Waals surface area contributed by atoms with Gasteiger partial charge in [0.2, 0.25) is 0 Å². The van der Waals surface area contributed by atoms with Gasteiger partial charge in [-0.3, -0.25) is 4.90 Å². The van der Waals surface area contributed by atoms with E-state index in [1.165, 1.54) is 12.5 Å². The Balaban J connectivity index is 1.75. The molecule has 0 bridgehead atoms. The Morgan fingerprint density at radius 1 is 1.40 bits per heavy atom. The summed E-state index contributed by atoms with van der Waals surface area (Å²) in [5.41, 5.74) is 1.05. The van der Waals surface area contributed by atoms with Gasteiger partial charge >= 0.3 is 0 Å². The SMILES string of the molecule is CN(C)[C@@H]1CN(Cc2cccc(F)c2)[C@@H]2CCCO[C@H]12. The van der Waals surface area contributed by atoms with Crippen LogP contribution in [0.15, 0.2) is 24.3 Å². The summed E-state index contributed by atoms with van der Waals surface area (Å²) in [5, 5.41) is 0. The first-order valence-corrected chi connectivity index (χ1v) is 7.41. The van der Waals surface area contributed by atoms with Gasteiger partial charge in [-0.15, -0.1) is 0 Å². The van der Waals surface area contributed by atoms with E-state index in [-0.39, 0.29) is 5.82 Å². The molecule has 1 aromatic carbocycles. The van der Waals surface area contributed by atoms with E-state index in [1.807, 2.05) is 6.07 Å². The number of nitrogens with zero attached hydrogens (tertiary/aromatic N) is 2. The lowest BCUT2D eigenvalue weighted by atomic mass is 10.0. The lowest BCUT2D eigenvalue weighted by Crippen LogP contribution is -2.45. The minimum absolute atomic E-state index is 0.151. The summed E-state index contributed by atoms with van der Waals surface area (Å²) < 4.78 is 19.3. The van der Waals surface area contributed by atoms with Crippen molar-refractivity contribution in [1.82, 2.24) is 9.80 Å².